The van der Waals surface area contributed by atoms with Gasteiger partial charge in [0, 0.05) is 17.5 Å². The Hall–Kier alpha value is -3.41. The molecule has 0 bridgehead atoms. The summed E-state index contributed by atoms with van der Waals surface area (Å²) in [5, 5.41) is 2.52. The maximum Gasteiger partial charge on any atom is 0.274 e. The number of carbonyl (C=O) groups excluding carboxylic acids is 3. The number of hydrogen-bond acceptors (Lipinski definition) is 4. The lowest BCUT2D eigenvalue weighted by molar-refractivity contribution is -0.111. The number of carbonyl (C=O) groups is 3. The van der Waals surface area contributed by atoms with Gasteiger partial charge in [0.25, 0.3) is 5.91 Å². The highest BCUT2D eigenvalue weighted by atomic mass is 19.1. The number of amides is 1. The van der Waals surface area contributed by atoms with Crippen molar-refractivity contribution >= 4 is 23.2 Å². The van der Waals surface area contributed by atoms with Crippen molar-refractivity contribution in [1.29, 1.82) is 0 Å². The van der Waals surface area contributed by atoms with E-state index in [-0.39, 0.29) is 28.3 Å². The molecule has 0 saturated heterocycles. The van der Waals surface area contributed by atoms with Crippen LogP contribution in [-0.4, -0.2) is 22.5 Å². The van der Waals surface area contributed by atoms with E-state index in [2.05, 4.69) is 10.3 Å². The minimum Gasteiger partial charge on any atom is -0.321 e. The van der Waals surface area contributed by atoms with Crippen LogP contribution >= 0.6 is 0 Å². The van der Waals surface area contributed by atoms with Crippen LogP contribution in [-0.2, 0) is 4.79 Å². The van der Waals surface area contributed by atoms with Crippen LogP contribution in [0.5, 0.6) is 0 Å². The number of nitrogens with zero attached hydrogens (tertiary/aromatic N) is 1. The van der Waals surface area contributed by atoms with Crippen LogP contribution in [0.2, 0.25) is 0 Å². The third kappa shape index (κ3) is 5.54. The number of aromatic nitrogens is 1. The molecule has 0 atom stereocenters. The van der Waals surface area contributed by atoms with E-state index in [0.717, 1.165) is 17.7 Å². The first-order chi connectivity index (χ1) is 12.8. The van der Waals surface area contributed by atoms with Gasteiger partial charge in [-0.1, -0.05) is 11.6 Å². The third-order valence-corrected chi connectivity index (χ3v) is 3.55. The minimum absolute atomic E-state index is 0.185. The first-order valence-electron chi connectivity index (χ1n) is 8.21. The summed E-state index contributed by atoms with van der Waals surface area (Å²) in [6, 6.07) is 8.60. The average Bonchev–Trinajstić information content (AvgIpc) is 2.61. The number of benzene rings is 1. The van der Waals surface area contributed by atoms with Gasteiger partial charge in [-0.2, -0.15) is 0 Å². The Morgan fingerprint density at radius 1 is 1.04 bits per heavy atom. The van der Waals surface area contributed by atoms with E-state index in [4.69, 9.17) is 0 Å². The van der Waals surface area contributed by atoms with E-state index < -0.39 is 17.5 Å². The quantitative estimate of drug-likeness (QED) is 0.616. The SMILES string of the molecule is CC(C)=CC(=O)C(C)=CC(=O)c1ccc(NC(=O)c2ccccn2)cc1F. The summed E-state index contributed by atoms with van der Waals surface area (Å²) in [7, 11) is 0. The van der Waals surface area contributed by atoms with Gasteiger partial charge in [-0.3, -0.25) is 19.4 Å². The zero-order valence-electron chi connectivity index (χ0n) is 15.2. The molecule has 0 saturated carbocycles. The number of nitrogens with one attached hydrogen (secondary N) is 1. The van der Waals surface area contributed by atoms with Crippen molar-refractivity contribution in [2.45, 2.75) is 20.8 Å². The van der Waals surface area contributed by atoms with Gasteiger partial charge in [0.2, 0.25) is 0 Å². The second-order valence-corrected chi connectivity index (χ2v) is 6.14. The zero-order chi connectivity index (χ0) is 20.0. The molecule has 0 spiro atoms. The summed E-state index contributed by atoms with van der Waals surface area (Å²) in [6.45, 7) is 5.04. The topological polar surface area (TPSA) is 76.1 Å². The van der Waals surface area contributed by atoms with Crippen molar-refractivity contribution in [3.63, 3.8) is 0 Å². The van der Waals surface area contributed by atoms with Crippen LogP contribution in [0.3, 0.4) is 0 Å². The molecule has 2 rings (SSSR count). The van der Waals surface area contributed by atoms with Crippen LogP contribution in [0.15, 0.2) is 65.9 Å². The third-order valence-electron chi connectivity index (χ3n) is 3.55. The zero-order valence-corrected chi connectivity index (χ0v) is 15.2. The number of hydrogen-bond donors (Lipinski definition) is 1. The summed E-state index contributed by atoms with van der Waals surface area (Å²) < 4.78 is 14.3. The molecule has 0 fully saturated rings. The van der Waals surface area contributed by atoms with E-state index in [0.29, 0.717) is 0 Å². The summed E-state index contributed by atoms with van der Waals surface area (Å²) in [5.41, 5.74) is 1.22. The van der Waals surface area contributed by atoms with Gasteiger partial charge in [-0.05, 0) is 63.3 Å². The largest absolute Gasteiger partial charge is 0.321 e. The van der Waals surface area contributed by atoms with Crippen LogP contribution in [0.1, 0.15) is 41.6 Å². The molecular formula is C21H19FN2O3. The molecule has 1 N–H and O–H groups in total. The number of allylic oxidation sites excluding steroid dienone is 4. The molecule has 0 aliphatic rings. The molecule has 27 heavy (non-hydrogen) atoms. The number of rotatable bonds is 6. The molecule has 6 heteroatoms. The molecule has 0 unspecified atom stereocenters. The Labute approximate surface area is 156 Å². The molecule has 1 amide bonds. The second kappa shape index (κ2) is 8.80. The van der Waals surface area contributed by atoms with Gasteiger partial charge in [0.05, 0.1) is 5.56 Å². The fourth-order valence-corrected chi connectivity index (χ4v) is 2.21. The van der Waals surface area contributed by atoms with Crippen molar-refractivity contribution in [1.82, 2.24) is 4.98 Å². The molecule has 1 aromatic heterocycles. The standard InChI is InChI=1S/C21H19FN2O3/c1-13(2)10-19(25)14(3)11-20(26)16-8-7-15(12-17(16)22)24-21(27)18-6-4-5-9-23-18/h4-12H,1-3H3,(H,24,27). The van der Waals surface area contributed by atoms with Gasteiger partial charge in [0.15, 0.2) is 11.6 Å². The minimum atomic E-state index is -0.794. The van der Waals surface area contributed by atoms with E-state index in [1.165, 1.54) is 37.4 Å². The smallest absolute Gasteiger partial charge is 0.274 e. The molecule has 0 radical (unpaired) electrons. The van der Waals surface area contributed by atoms with Crippen LogP contribution in [0.4, 0.5) is 10.1 Å². The van der Waals surface area contributed by atoms with Gasteiger partial charge in [0.1, 0.15) is 11.5 Å². The van der Waals surface area contributed by atoms with Crippen molar-refractivity contribution in [3.8, 4) is 0 Å². The van der Waals surface area contributed by atoms with Gasteiger partial charge < -0.3 is 5.32 Å². The Morgan fingerprint density at radius 3 is 2.37 bits per heavy atom. The van der Waals surface area contributed by atoms with Crippen molar-refractivity contribution < 1.29 is 18.8 Å². The number of pyridine rings is 1. The van der Waals surface area contributed by atoms with Crippen molar-refractivity contribution in [2.75, 3.05) is 5.32 Å². The second-order valence-electron chi connectivity index (χ2n) is 6.14. The summed E-state index contributed by atoms with van der Waals surface area (Å²) in [4.78, 5) is 40.1. The Morgan fingerprint density at radius 2 is 1.78 bits per heavy atom. The summed E-state index contributed by atoms with van der Waals surface area (Å²) in [5.74, 6) is -2.21. The van der Waals surface area contributed by atoms with E-state index in [9.17, 15) is 18.8 Å². The fourth-order valence-electron chi connectivity index (χ4n) is 2.21. The van der Waals surface area contributed by atoms with Crippen LogP contribution in [0.25, 0.3) is 0 Å². The van der Waals surface area contributed by atoms with Crippen molar-refractivity contribution in [3.05, 3.63) is 83.0 Å². The highest BCUT2D eigenvalue weighted by molar-refractivity contribution is 6.13. The normalized spacial score (nSPS) is 10.9. The maximum absolute atomic E-state index is 14.3. The van der Waals surface area contributed by atoms with E-state index in [1.807, 2.05) is 0 Å². The highest BCUT2D eigenvalue weighted by Gasteiger charge is 2.14. The molecule has 1 heterocycles. The van der Waals surface area contributed by atoms with Crippen molar-refractivity contribution in [2.24, 2.45) is 0 Å². The molecule has 138 valence electrons. The summed E-state index contributed by atoms with van der Waals surface area (Å²) >= 11 is 0. The Balaban J connectivity index is 2.16. The van der Waals surface area contributed by atoms with Gasteiger partial charge in [-0.15, -0.1) is 0 Å². The molecule has 2 aromatic rings. The lowest BCUT2D eigenvalue weighted by Gasteiger charge is -2.07. The monoisotopic (exact) mass is 366 g/mol. The lowest BCUT2D eigenvalue weighted by Crippen LogP contribution is -2.14. The molecule has 1 aromatic carbocycles. The molecule has 0 aliphatic heterocycles. The predicted octanol–water partition coefficient (Wildman–Crippen LogP) is 4.14. The Bertz CT molecular complexity index is 943. The van der Waals surface area contributed by atoms with Crippen LogP contribution < -0.4 is 5.32 Å². The predicted molar refractivity (Wildman–Crippen MR) is 101 cm³/mol. The number of anilines is 1. The number of ketones is 2. The van der Waals surface area contributed by atoms with E-state index in [1.54, 1.807) is 26.0 Å². The average molecular weight is 366 g/mol. The van der Waals surface area contributed by atoms with Crippen LogP contribution in [0, 0.1) is 5.82 Å². The van der Waals surface area contributed by atoms with E-state index >= 15 is 0 Å². The first-order valence-corrected chi connectivity index (χ1v) is 8.21. The lowest BCUT2D eigenvalue weighted by atomic mass is 10.0. The van der Waals surface area contributed by atoms with Gasteiger partial charge >= 0.3 is 0 Å². The number of halogens is 1. The highest BCUT2D eigenvalue weighted by Crippen LogP contribution is 2.17. The first kappa shape index (κ1) is 19.9. The summed E-state index contributed by atoms with van der Waals surface area (Å²) in [6.07, 6.45) is 3.99. The molecular weight excluding hydrogens is 347 g/mol. The molecule has 0 aliphatic carbocycles. The molecule has 5 nitrogen and oxygen atoms in total. The maximum atomic E-state index is 14.3. The van der Waals surface area contributed by atoms with Gasteiger partial charge in [-0.25, -0.2) is 4.39 Å². The fraction of sp³-hybridized carbons (Fsp3) is 0.143. The Kier molecular flexibility index (Phi) is 6.49.